The molecule has 0 fully saturated rings. The largest absolute Gasteiger partial charge is 0.475 e. The van der Waals surface area contributed by atoms with Crippen molar-refractivity contribution in [2.45, 2.75) is 31.8 Å². The molecule has 1 N–H and O–H groups in total. The highest BCUT2D eigenvalue weighted by Gasteiger charge is 2.27. The minimum Gasteiger partial charge on any atom is -0.475 e. The third kappa shape index (κ3) is 3.09. The van der Waals surface area contributed by atoms with E-state index in [2.05, 4.69) is 0 Å². The third-order valence-electron chi connectivity index (χ3n) is 2.80. The summed E-state index contributed by atoms with van der Waals surface area (Å²) in [6.45, 7) is 5.26. The predicted molar refractivity (Wildman–Crippen MR) is 62.6 cm³/mol. The van der Waals surface area contributed by atoms with E-state index in [4.69, 9.17) is 9.52 Å². The molecule has 0 aromatic carbocycles. The maximum Gasteiger partial charge on any atom is 0.372 e. The Bertz CT molecular complexity index is 498. The van der Waals surface area contributed by atoms with E-state index in [1.165, 1.54) is 12.3 Å². The van der Waals surface area contributed by atoms with Gasteiger partial charge in [0.05, 0.1) is 17.3 Å². The predicted octanol–water partition coefficient (Wildman–Crippen LogP) is 1.94. The van der Waals surface area contributed by atoms with Gasteiger partial charge in [-0.1, -0.05) is 13.8 Å². The monoisotopic (exact) mass is 260 g/mol. The zero-order valence-electron chi connectivity index (χ0n) is 10.0. The first kappa shape index (κ1) is 13.8. The summed E-state index contributed by atoms with van der Waals surface area (Å²) >= 11 is 0. The van der Waals surface area contributed by atoms with Gasteiger partial charge >= 0.3 is 5.97 Å². The van der Waals surface area contributed by atoms with Crippen molar-refractivity contribution < 1.29 is 22.7 Å². The molecule has 1 aromatic rings. The van der Waals surface area contributed by atoms with Crippen molar-refractivity contribution in [1.82, 2.24) is 0 Å². The van der Waals surface area contributed by atoms with Crippen LogP contribution in [-0.2, 0) is 15.6 Å². The lowest BCUT2D eigenvalue weighted by Crippen LogP contribution is -2.25. The van der Waals surface area contributed by atoms with E-state index in [0.29, 0.717) is 0 Å². The van der Waals surface area contributed by atoms with E-state index in [9.17, 15) is 13.2 Å². The number of hydrogen-bond donors (Lipinski definition) is 1. The highest BCUT2D eigenvalue weighted by molar-refractivity contribution is 7.91. The van der Waals surface area contributed by atoms with E-state index in [1.54, 1.807) is 6.92 Å². The molecule has 0 saturated carbocycles. The van der Waals surface area contributed by atoms with Crippen LogP contribution in [0, 0.1) is 5.92 Å². The molecule has 17 heavy (non-hydrogen) atoms. The van der Waals surface area contributed by atoms with Crippen LogP contribution < -0.4 is 0 Å². The Morgan fingerprint density at radius 1 is 1.41 bits per heavy atom. The number of carbonyl (C=O) groups is 1. The van der Waals surface area contributed by atoms with Crippen LogP contribution in [-0.4, -0.2) is 24.7 Å². The Labute approximate surface area is 100 Å². The van der Waals surface area contributed by atoms with Gasteiger partial charge in [0.25, 0.3) is 0 Å². The lowest BCUT2D eigenvalue weighted by Gasteiger charge is -2.15. The molecule has 1 aromatic heterocycles. The molecule has 1 rings (SSSR count). The third-order valence-corrected chi connectivity index (χ3v) is 5.19. The standard InChI is InChI=1S/C11H16O5S/c1-7(2)8(3)17(14,15)6-9-4-5-16-10(9)11(12)13/h4-5,7-8H,6H2,1-3H3,(H,12,13). The van der Waals surface area contributed by atoms with Gasteiger partial charge in [-0.05, 0) is 18.9 Å². The van der Waals surface area contributed by atoms with Crippen molar-refractivity contribution in [1.29, 1.82) is 0 Å². The summed E-state index contributed by atoms with van der Waals surface area (Å²) < 4.78 is 28.7. The Balaban J connectivity index is 2.99. The normalized spacial score (nSPS) is 13.9. The van der Waals surface area contributed by atoms with Gasteiger partial charge in [-0.15, -0.1) is 0 Å². The molecule has 0 aliphatic rings. The molecule has 5 nitrogen and oxygen atoms in total. The van der Waals surface area contributed by atoms with Crippen LogP contribution in [0.5, 0.6) is 0 Å². The summed E-state index contributed by atoms with van der Waals surface area (Å²) in [5, 5.41) is 8.30. The second-order valence-corrected chi connectivity index (χ2v) is 6.69. The number of sulfone groups is 1. The van der Waals surface area contributed by atoms with Gasteiger partial charge in [0, 0.05) is 5.56 Å². The number of furan rings is 1. The molecule has 0 saturated heterocycles. The first-order chi connectivity index (χ1) is 7.75. The summed E-state index contributed by atoms with van der Waals surface area (Å²) in [5.41, 5.74) is 0.199. The second-order valence-electron chi connectivity index (χ2n) is 4.34. The molecule has 0 spiro atoms. The van der Waals surface area contributed by atoms with Gasteiger partial charge < -0.3 is 9.52 Å². The molecule has 0 aliphatic carbocycles. The summed E-state index contributed by atoms with van der Waals surface area (Å²) in [6.07, 6.45) is 1.19. The molecule has 1 unspecified atom stereocenters. The fourth-order valence-corrected chi connectivity index (χ4v) is 3.15. The van der Waals surface area contributed by atoms with Gasteiger partial charge in [0.1, 0.15) is 0 Å². The fraction of sp³-hybridized carbons (Fsp3) is 0.545. The molecule has 0 radical (unpaired) electrons. The quantitative estimate of drug-likeness (QED) is 0.874. The van der Waals surface area contributed by atoms with Crippen LogP contribution in [0.4, 0.5) is 0 Å². The number of rotatable bonds is 5. The molecule has 0 aliphatic heterocycles. The van der Waals surface area contributed by atoms with E-state index in [-0.39, 0.29) is 23.0 Å². The van der Waals surface area contributed by atoms with Crippen LogP contribution in [0.3, 0.4) is 0 Å². The zero-order chi connectivity index (χ0) is 13.2. The second kappa shape index (κ2) is 4.91. The van der Waals surface area contributed by atoms with Gasteiger partial charge in [-0.25, -0.2) is 13.2 Å². The number of carboxylic acid groups (broad SMARTS) is 1. The van der Waals surface area contributed by atoms with E-state index >= 15 is 0 Å². The molecule has 1 heterocycles. The van der Waals surface area contributed by atoms with Crippen molar-refractivity contribution in [3.05, 3.63) is 23.7 Å². The van der Waals surface area contributed by atoms with Crippen LogP contribution in [0.2, 0.25) is 0 Å². The highest BCUT2D eigenvalue weighted by atomic mass is 32.2. The summed E-state index contributed by atoms with van der Waals surface area (Å²) in [6, 6.07) is 1.38. The van der Waals surface area contributed by atoms with E-state index < -0.39 is 21.1 Å². The summed E-state index contributed by atoms with van der Waals surface area (Å²) in [5.74, 6) is -1.87. The molecular weight excluding hydrogens is 244 g/mol. The number of aromatic carboxylic acids is 1. The lowest BCUT2D eigenvalue weighted by atomic mass is 10.2. The smallest absolute Gasteiger partial charge is 0.372 e. The minimum atomic E-state index is -3.36. The Hall–Kier alpha value is -1.30. The van der Waals surface area contributed by atoms with Crippen molar-refractivity contribution in [2.75, 3.05) is 0 Å². The van der Waals surface area contributed by atoms with Gasteiger partial charge in [0.2, 0.25) is 5.76 Å². The average Bonchev–Trinajstić information content (AvgIpc) is 2.63. The number of carboxylic acids is 1. The van der Waals surface area contributed by atoms with Gasteiger partial charge in [0.15, 0.2) is 9.84 Å². The Kier molecular flexibility index (Phi) is 3.98. The summed E-state index contributed by atoms with van der Waals surface area (Å²) in [4.78, 5) is 10.8. The van der Waals surface area contributed by atoms with Crippen LogP contribution >= 0.6 is 0 Å². The van der Waals surface area contributed by atoms with Crippen molar-refractivity contribution in [3.63, 3.8) is 0 Å². The molecule has 0 amide bonds. The lowest BCUT2D eigenvalue weighted by molar-refractivity contribution is 0.0661. The average molecular weight is 260 g/mol. The topological polar surface area (TPSA) is 84.6 Å². The highest BCUT2D eigenvalue weighted by Crippen LogP contribution is 2.20. The molecule has 1 atom stereocenters. The fourth-order valence-electron chi connectivity index (χ4n) is 1.40. The van der Waals surface area contributed by atoms with E-state index in [0.717, 1.165) is 0 Å². The molecule has 0 bridgehead atoms. The molecule has 96 valence electrons. The van der Waals surface area contributed by atoms with Crippen LogP contribution in [0.15, 0.2) is 16.7 Å². The molecular formula is C11H16O5S. The van der Waals surface area contributed by atoms with Gasteiger partial charge in [-0.2, -0.15) is 0 Å². The van der Waals surface area contributed by atoms with Crippen molar-refractivity contribution in [2.24, 2.45) is 5.92 Å². The maximum atomic E-state index is 12.0. The van der Waals surface area contributed by atoms with Crippen molar-refractivity contribution >= 4 is 15.8 Å². The minimum absolute atomic E-state index is 0.0137. The number of hydrogen-bond acceptors (Lipinski definition) is 4. The first-order valence-corrected chi connectivity index (χ1v) is 6.98. The van der Waals surface area contributed by atoms with Crippen LogP contribution in [0.1, 0.15) is 36.9 Å². The zero-order valence-corrected chi connectivity index (χ0v) is 10.8. The van der Waals surface area contributed by atoms with Crippen LogP contribution in [0.25, 0.3) is 0 Å². The molecule has 6 heteroatoms. The van der Waals surface area contributed by atoms with Crippen molar-refractivity contribution in [3.8, 4) is 0 Å². The summed E-state index contributed by atoms with van der Waals surface area (Å²) in [7, 11) is -3.36. The Morgan fingerprint density at radius 3 is 2.47 bits per heavy atom. The Morgan fingerprint density at radius 2 is 2.00 bits per heavy atom. The maximum absolute atomic E-state index is 12.0. The SMILES string of the molecule is CC(C)C(C)S(=O)(=O)Cc1ccoc1C(=O)O. The first-order valence-electron chi connectivity index (χ1n) is 5.27. The van der Waals surface area contributed by atoms with E-state index in [1.807, 2.05) is 13.8 Å². The van der Waals surface area contributed by atoms with Gasteiger partial charge in [-0.3, -0.25) is 0 Å².